The molecule has 0 aromatic heterocycles. The molecule has 4 nitrogen and oxygen atoms in total. The number of ether oxygens (including phenoxy) is 1. The molecule has 1 aromatic carbocycles. The zero-order valence-corrected chi connectivity index (χ0v) is 15.1. The summed E-state index contributed by atoms with van der Waals surface area (Å²) in [5.74, 6) is 0.521. The van der Waals surface area contributed by atoms with Crippen molar-refractivity contribution in [2.45, 2.75) is 26.3 Å². The number of halogens is 1. The van der Waals surface area contributed by atoms with Gasteiger partial charge >= 0.3 is 5.97 Å². The smallest absolute Gasteiger partial charge is 0.327 e. The molecule has 1 aromatic rings. The summed E-state index contributed by atoms with van der Waals surface area (Å²) in [7, 11) is 1.45. The van der Waals surface area contributed by atoms with Gasteiger partial charge in [-0.25, -0.2) is 4.79 Å². The van der Waals surface area contributed by atoms with Crippen LogP contribution < -0.4 is 0 Å². The van der Waals surface area contributed by atoms with Gasteiger partial charge < -0.3 is 9.64 Å². The quantitative estimate of drug-likeness (QED) is 0.746. The van der Waals surface area contributed by atoms with E-state index in [1.165, 1.54) is 13.5 Å². The van der Waals surface area contributed by atoms with Gasteiger partial charge in [0.05, 0.1) is 7.11 Å². The number of methoxy groups -OCH3 is 1. The summed E-state index contributed by atoms with van der Waals surface area (Å²) in [4.78, 5) is 17.0. The van der Waals surface area contributed by atoms with Gasteiger partial charge in [0.15, 0.2) is 0 Å². The standard InChI is InChI=1S/C18H27ClN2O2/c1-14(2)8-9-20-10-12-21(13-11-20)17(18(22)23-3)15-4-6-16(19)7-5-15/h4-7,14,17H,8-13H2,1-3H3. The Kier molecular flexibility index (Phi) is 6.88. The Balaban J connectivity index is 2.01. The predicted molar refractivity (Wildman–Crippen MR) is 93.7 cm³/mol. The number of esters is 1. The van der Waals surface area contributed by atoms with Crippen molar-refractivity contribution < 1.29 is 9.53 Å². The number of hydrogen-bond donors (Lipinski definition) is 0. The SMILES string of the molecule is COC(=O)C(c1ccc(Cl)cc1)N1CCN(CCC(C)C)CC1. The maximum absolute atomic E-state index is 12.3. The Hall–Kier alpha value is -1.10. The van der Waals surface area contributed by atoms with Gasteiger partial charge in [0.1, 0.15) is 6.04 Å². The molecule has 1 saturated heterocycles. The van der Waals surface area contributed by atoms with E-state index in [4.69, 9.17) is 16.3 Å². The lowest BCUT2D eigenvalue weighted by Gasteiger charge is -2.38. The second-order valence-corrected chi connectivity index (χ2v) is 6.97. The van der Waals surface area contributed by atoms with Crippen LogP contribution in [0.25, 0.3) is 0 Å². The van der Waals surface area contributed by atoms with Crippen LogP contribution in [0, 0.1) is 5.92 Å². The molecule has 0 N–H and O–H groups in total. The Morgan fingerprint density at radius 3 is 2.30 bits per heavy atom. The molecule has 1 atom stereocenters. The van der Waals surface area contributed by atoms with E-state index in [9.17, 15) is 4.79 Å². The van der Waals surface area contributed by atoms with Crippen LogP contribution in [0.1, 0.15) is 31.9 Å². The van der Waals surface area contributed by atoms with E-state index < -0.39 is 0 Å². The molecule has 5 heteroatoms. The molecule has 1 aliphatic rings. The maximum Gasteiger partial charge on any atom is 0.327 e. The fourth-order valence-electron chi connectivity index (χ4n) is 2.94. The van der Waals surface area contributed by atoms with Crippen LogP contribution in [0.15, 0.2) is 24.3 Å². The molecule has 1 heterocycles. The Morgan fingerprint density at radius 1 is 1.17 bits per heavy atom. The summed E-state index contributed by atoms with van der Waals surface area (Å²) in [6.45, 7) is 9.38. The number of hydrogen-bond acceptors (Lipinski definition) is 4. The summed E-state index contributed by atoms with van der Waals surface area (Å²) >= 11 is 5.96. The minimum absolute atomic E-state index is 0.206. The molecule has 0 radical (unpaired) electrons. The van der Waals surface area contributed by atoms with E-state index in [0.29, 0.717) is 5.02 Å². The van der Waals surface area contributed by atoms with Crippen LogP contribution in [-0.2, 0) is 9.53 Å². The average molecular weight is 339 g/mol. The molecule has 0 spiro atoms. The third kappa shape index (κ3) is 5.20. The number of carbonyl (C=O) groups is 1. The lowest BCUT2D eigenvalue weighted by molar-refractivity contribution is -0.148. The average Bonchev–Trinajstić information content (AvgIpc) is 2.55. The Bertz CT molecular complexity index is 496. The highest BCUT2D eigenvalue weighted by atomic mass is 35.5. The van der Waals surface area contributed by atoms with Crippen molar-refractivity contribution in [3.63, 3.8) is 0 Å². The largest absolute Gasteiger partial charge is 0.468 e. The van der Waals surface area contributed by atoms with Gasteiger partial charge in [0.25, 0.3) is 0 Å². The highest BCUT2D eigenvalue weighted by Crippen LogP contribution is 2.25. The van der Waals surface area contributed by atoms with Crippen LogP contribution in [0.5, 0.6) is 0 Å². The van der Waals surface area contributed by atoms with E-state index >= 15 is 0 Å². The van der Waals surface area contributed by atoms with E-state index in [1.54, 1.807) is 0 Å². The zero-order valence-electron chi connectivity index (χ0n) is 14.3. The third-order valence-corrected chi connectivity index (χ3v) is 4.66. The molecular formula is C18H27ClN2O2. The van der Waals surface area contributed by atoms with Crippen LogP contribution in [-0.4, -0.2) is 55.6 Å². The van der Waals surface area contributed by atoms with E-state index in [2.05, 4.69) is 23.6 Å². The second kappa shape index (κ2) is 8.67. The van der Waals surface area contributed by atoms with Crippen molar-refractivity contribution in [1.29, 1.82) is 0 Å². The van der Waals surface area contributed by atoms with Crippen LogP contribution in [0.3, 0.4) is 0 Å². The van der Waals surface area contributed by atoms with E-state index in [0.717, 1.165) is 44.2 Å². The van der Waals surface area contributed by atoms with Crippen molar-refractivity contribution in [1.82, 2.24) is 9.80 Å². The predicted octanol–water partition coefficient (Wildman–Crippen LogP) is 3.22. The maximum atomic E-state index is 12.3. The first-order chi connectivity index (χ1) is 11.0. The molecule has 0 saturated carbocycles. The molecule has 1 aliphatic heterocycles. The topological polar surface area (TPSA) is 32.8 Å². The van der Waals surface area contributed by atoms with Crippen molar-refractivity contribution in [2.24, 2.45) is 5.92 Å². The van der Waals surface area contributed by atoms with Gasteiger partial charge in [-0.3, -0.25) is 4.90 Å². The summed E-state index contributed by atoms with van der Waals surface area (Å²) in [6, 6.07) is 7.13. The lowest BCUT2D eigenvalue weighted by atomic mass is 10.0. The molecule has 1 unspecified atom stereocenters. The summed E-state index contributed by atoms with van der Waals surface area (Å²) < 4.78 is 5.03. The van der Waals surface area contributed by atoms with Crippen LogP contribution in [0.4, 0.5) is 0 Å². The summed E-state index contributed by atoms with van der Waals surface area (Å²) in [6.07, 6.45) is 1.22. The third-order valence-electron chi connectivity index (χ3n) is 4.40. The van der Waals surface area contributed by atoms with Gasteiger partial charge in [-0.15, -0.1) is 0 Å². The van der Waals surface area contributed by atoms with Crippen LogP contribution >= 0.6 is 11.6 Å². The molecule has 128 valence electrons. The number of benzene rings is 1. The highest BCUT2D eigenvalue weighted by Gasteiger charge is 2.31. The zero-order chi connectivity index (χ0) is 16.8. The molecule has 1 fully saturated rings. The highest BCUT2D eigenvalue weighted by molar-refractivity contribution is 6.30. The fraction of sp³-hybridized carbons (Fsp3) is 0.611. The van der Waals surface area contributed by atoms with Crippen molar-refractivity contribution in [3.8, 4) is 0 Å². The number of carbonyl (C=O) groups excluding carboxylic acids is 1. The van der Waals surface area contributed by atoms with Crippen molar-refractivity contribution in [3.05, 3.63) is 34.9 Å². The molecule has 0 aliphatic carbocycles. The molecular weight excluding hydrogens is 312 g/mol. The van der Waals surface area contributed by atoms with E-state index in [-0.39, 0.29) is 12.0 Å². The van der Waals surface area contributed by atoms with Crippen molar-refractivity contribution >= 4 is 17.6 Å². The first-order valence-corrected chi connectivity index (χ1v) is 8.68. The molecule has 0 amide bonds. The normalized spacial score (nSPS) is 18.1. The number of nitrogens with zero attached hydrogens (tertiary/aromatic N) is 2. The second-order valence-electron chi connectivity index (χ2n) is 6.54. The summed E-state index contributed by atoms with van der Waals surface area (Å²) in [5.41, 5.74) is 0.942. The van der Waals surface area contributed by atoms with Gasteiger partial charge in [-0.1, -0.05) is 37.6 Å². The lowest BCUT2D eigenvalue weighted by Crippen LogP contribution is -2.49. The van der Waals surface area contributed by atoms with Gasteiger partial charge in [0, 0.05) is 31.2 Å². The minimum atomic E-state index is -0.343. The molecule has 0 bridgehead atoms. The summed E-state index contributed by atoms with van der Waals surface area (Å²) in [5, 5.41) is 0.677. The minimum Gasteiger partial charge on any atom is -0.468 e. The first-order valence-electron chi connectivity index (χ1n) is 8.31. The Labute approximate surface area is 144 Å². The number of rotatable bonds is 6. The van der Waals surface area contributed by atoms with Gasteiger partial charge in [-0.2, -0.15) is 0 Å². The number of piperazine rings is 1. The van der Waals surface area contributed by atoms with Gasteiger partial charge in [0.2, 0.25) is 0 Å². The Morgan fingerprint density at radius 2 is 1.78 bits per heavy atom. The first kappa shape index (κ1) is 18.2. The monoisotopic (exact) mass is 338 g/mol. The molecule has 23 heavy (non-hydrogen) atoms. The van der Waals surface area contributed by atoms with Crippen LogP contribution in [0.2, 0.25) is 5.02 Å². The molecule has 2 rings (SSSR count). The van der Waals surface area contributed by atoms with E-state index in [1.807, 2.05) is 24.3 Å². The van der Waals surface area contributed by atoms with Crippen molar-refractivity contribution in [2.75, 3.05) is 39.8 Å². The van der Waals surface area contributed by atoms with Gasteiger partial charge in [-0.05, 0) is 36.6 Å². The fourth-order valence-corrected chi connectivity index (χ4v) is 3.06.